The number of anilines is 2. The van der Waals surface area contributed by atoms with Gasteiger partial charge in [0.1, 0.15) is 0 Å². The van der Waals surface area contributed by atoms with E-state index in [1.807, 2.05) is 47.5 Å². The van der Waals surface area contributed by atoms with E-state index in [1.165, 1.54) is 0 Å². The van der Waals surface area contributed by atoms with Crippen LogP contribution >= 0.6 is 23.6 Å². The number of benzene rings is 1. The molecule has 7 nitrogen and oxygen atoms in total. The Kier molecular flexibility index (Phi) is 5.36. The van der Waals surface area contributed by atoms with Crippen LogP contribution in [-0.4, -0.2) is 27.7 Å². The van der Waals surface area contributed by atoms with Crippen LogP contribution in [0.25, 0.3) is 10.7 Å². The number of carbonyl (C=O) groups is 1. The summed E-state index contributed by atoms with van der Waals surface area (Å²) >= 11 is 6.92. The van der Waals surface area contributed by atoms with E-state index in [4.69, 9.17) is 16.7 Å². The molecule has 1 aliphatic heterocycles. The fourth-order valence-corrected chi connectivity index (χ4v) is 3.88. The molecule has 1 saturated heterocycles. The highest BCUT2D eigenvalue weighted by atomic mass is 32.1. The lowest BCUT2D eigenvalue weighted by Gasteiger charge is -2.20. The number of hydrogen-bond donors (Lipinski definition) is 2. The smallest absolute Gasteiger partial charge is 0.246 e. The minimum Gasteiger partial charge on any atom is -0.353 e. The number of aromatic nitrogens is 2. The van der Waals surface area contributed by atoms with Crippen LogP contribution in [0.15, 0.2) is 40.2 Å². The van der Waals surface area contributed by atoms with Crippen molar-refractivity contribution in [1.29, 1.82) is 0 Å². The van der Waals surface area contributed by atoms with Crippen molar-refractivity contribution in [3.63, 3.8) is 0 Å². The van der Waals surface area contributed by atoms with Gasteiger partial charge in [-0.2, -0.15) is 4.98 Å². The van der Waals surface area contributed by atoms with Crippen molar-refractivity contribution in [2.45, 2.75) is 26.3 Å². The van der Waals surface area contributed by atoms with E-state index < -0.39 is 0 Å². The van der Waals surface area contributed by atoms with Gasteiger partial charge in [-0.15, -0.1) is 11.3 Å². The van der Waals surface area contributed by atoms with Crippen molar-refractivity contribution in [2.75, 3.05) is 16.8 Å². The van der Waals surface area contributed by atoms with Crippen molar-refractivity contribution in [3.05, 3.63) is 47.2 Å². The summed E-state index contributed by atoms with van der Waals surface area (Å²) in [5.41, 5.74) is 2.81. The Balaban J connectivity index is 1.37. The Morgan fingerprint density at radius 3 is 3.04 bits per heavy atom. The minimum atomic E-state index is 0.166. The largest absolute Gasteiger partial charge is 0.353 e. The fraction of sp³-hybridized carbons (Fsp3) is 0.263. The van der Waals surface area contributed by atoms with E-state index in [1.54, 1.807) is 11.3 Å². The van der Waals surface area contributed by atoms with Gasteiger partial charge in [0.25, 0.3) is 0 Å². The van der Waals surface area contributed by atoms with Crippen LogP contribution in [0.4, 0.5) is 11.4 Å². The summed E-state index contributed by atoms with van der Waals surface area (Å²) in [4.78, 5) is 19.2. The molecule has 0 unspecified atom stereocenters. The molecule has 0 atom stereocenters. The molecule has 0 saturated carbocycles. The second-order valence-electron chi connectivity index (χ2n) is 6.45. The molecule has 4 rings (SSSR count). The van der Waals surface area contributed by atoms with Gasteiger partial charge < -0.3 is 20.1 Å². The lowest BCUT2D eigenvalue weighted by molar-refractivity contribution is -0.117. The lowest BCUT2D eigenvalue weighted by atomic mass is 10.1. The highest BCUT2D eigenvalue weighted by Gasteiger charge is 2.23. The molecule has 3 aromatic rings. The summed E-state index contributed by atoms with van der Waals surface area (Å²) in [6.45, 7) is 3.09. The van der Waals surface area contributed by atoms with E-state index in [-0.39, 0.29) is 5.91 Å². The Hall–Kier alpha value is -2.78. The summed E-state index contributed by atoms with van der Waals surface area (Å²) < 4.78 is 5.25. The number of carbonyl (C=O) groups excluding carboxylic acids is 1. The van der Waals surface area contributed by atoms with Crippen LogP contribution in [0.2, 0.25) is 0 Å². The van der Waals surface area contributed by atoms with Crippen molar-refractivity contribution in [1.82, 2.24) is 15.5 Å². The zero-order valence-corrected chi connectivity index (χ0v) is 16.9. The first-order chi connectivity index (χ1) is 13.6. The Morgan fingerprint density at radius 1 is 1.39 bits per heavy atom. The van der Waals surface area contributed by atoms with Gasteiger partial charge >= 0.3 is 0 Å². The molecule has 1 amide bonds. The zero-order valence-electron chi connectivity index (χ0n) is 15.3. The maximum Gasteiger partial charge on any atom is 0.246 e. The van der Waals surface area contributed by atoms with Crippen molar-refractivity contribution in [3.8, 4) is 10.7 Å². The summed E-state index contributed by atoms with van der Waals surface area (Å²) in [6, 6.07) is 9.76. The van der Waals surface area contributed by atoms with Gasteiger partial charge in [0.15, 0.2) is 5.11 Å². The number of rotatable bonds is 5. The first-order valence-corrected chi connectivity index (χ1v) is 10.2. The van der Waals surface area contributed by atoms with Crippen LogP contribution in [0, 0.1) is 6.92 Å². The molecule has 3 heterocycles. The highest BCUT2D eigenvalue weighted by molar-refractivity contribution is 7.80. The van der Waals surface area contributed by atoms with Crippen LogP contribution in [0.3, 0.4) is 0 Å². The second-order valence-corrected chi connectivity index (χ2v) is 7.80. The fourth-order valence-electron chi connectivity index (χ4n) is 3.04. The van der Waals surface area contributed by atoms with Crippen LogP contribution in [-0.2, 0) is 11.3 Å². The van der Waals surface area contributed by atoms with E-state index in [2.05, 4.69) is 20.8 Å². The van der Waals surface area contributed by atoms with Gasteiger partial charge in [-0.1, -0.05) is 17.3 Å². The number of thiophene rings is 1. The van der Waals surface area contributed by atoms with Gasteiger partial charge in [0.2, 0.25) is 17.6 Å². The molecule has 28 heavy (non-hydrogen) atoms. The molecule has 0 radical (unpaired) electrons. The average Bonchev–Trinajstić information content (AvgIpc) is 3.43. The van der Waals surface area contributed by atoms with E-state index >= 15 is 0 Å². The van der Waals surface area contributed by atoms with Crippen LogP contribution < -0.4 is 15.5 Å². The first kappa shape index (κ1) is 18.6. The molecule has 144 valence electrons. The third kappa shape index (κ3) is 4.05. The second kappa shape index (κ2) is 8.07. The highest BCUT2D eigenvalue weighted by Crippen LogP contribution is 2.28. The minimum absolute atomic E-state index is 0.166. The number of hydrogen-bond acceptors (Lipinski definition) is 6. The Labute approximate surface area is 171 Å². The number of thiocarbonyl (C=S) groups is 1. The number of nitrogens with one attached hydrogen (secondary N) is 2. The molecule has 1 aliphatic rings. The van der Waals surface area contributed by atoms with E-state index in [0.717, 1.165) is 34.8 Å². The topological polar surface area (TPSA) is 83.3 Å². The molecule has 0 spiro atoms. The quantitative estimate of drug-likeness (QED) is 0.617. The monoisotopic (exact) mass is 413 g/mol. The third-order valence-corrected chi connectivity index (χ3v) is 5.55. The standard InChI is InChI=1S/C19H19N5O2S2/c1-12-6-7-13(10-14(12)24-8-2-5-17(24)25)21-19(27)20-11-16-22-18(23-26-16)15-4-3-9-28-15/h3-4,6-7,9-10H,2,5,8,11H2,1H3,(H2,20,21,27). The Morgan fingerprint density at radius 2 is 2.29 bits per heavy atom. The molecular formula is C19H19N5O2S2. The predicted octanol–water partition coefficient (Wildman–Crippen LogP) is 3.72. The van der Waals surface area contributed by atoms with Gasteiger partial charge in [-0.05, 0) is 54.7 Å². The van der Waals surface area contributed by atoms with Gasteiger partial charge in [0.05, 0.1) is 11.4 Å². The Bertz CT molecular complexity index is 1000. The van der Waals surface area contributed by atoms with Crippen molar-refractivity contribution >= 4 is 45.9 Å². The van der Waals surface area contributed by atoms with Gasteiger partial charge in [0, 0.05) is 24.3 Å². The van der Waals surface area contributed by atoms with Gasteiger partial charge in [-0.25, -0.2) is 0 Å². The maximum absolute atomic E-state index is 12.1. The zero-order chi connectivity index (χ0) is 19.5. The van der Waals surface area contributed by atoms with Crippen molar-refractivity contribution < 1.29 is 9.32 Å². The van der Waals surface area contributed by atoms with E-state index in [9.17, 15) is 4.79 Å². The molecule has 1 aromatic carbocycles. The lowest BCUT2D eigenvalue weighted by Crippen LogP contribution is -2.28. The molecule has 2 aromatic heterocycles. The van der Waals surface area contributed by atoms with E-state index in [0.29, 0.717) is 29.8 Å². The molecular weight excluding hydrogens is 394 g/mol. The summed E-state index contributed by atoms with van der Waals surface area (Å²) in [5, 5.41) is 12.6. The number of nitrogens with zero attached hydrogens (tertiary/aromatic N) is 3. The predicted molar refractivity (Wildman–Crippen MR) is 113 cm³/mol. The molecule has 9 heteroatoms. The van der Waals surface area contributed by atoms with Gasteiger partial charge in [-0.3, -0.25) is 4.79 Å². The first-order valence-electron chi connectivity index (χ1n) is 8.92. The maximum atomic E-state index is 12.1. The van der Waals surface area contributed by atoms with Crippen molar-refractivity contribution in [2.24, 2.45) is 0 Å². The number of aryl methyl sites for hydroxylation is 1. The SMILES string of the molecule is Cc1ccc(NC(=S)NCc2nc(-c3cccs3)no2)cc1N1CCCC1=O. The summed E-state index contributed by atoms with van der Waals surface area (Å²) in [6.07, 6.45) is 1.50. The molecule has 2 N–H and O–H groups in total. The molecule has 0 aliphatic carbocycles. The van der Waals surface area contributed by atoms with Crippen LogP contribution in [0.5, 0.6) is 0 Å². The summed E-state index contributed by atoms with van der Waals surface area (Å²) in [7, 11) is 0. The third-order valence-electron chi connectivity index (χ3n) is 4.44. The molecule has 0 bridgehead atoms. The van der Waals surface area contributed by atoms with Crippen LogP contribution in [0.1, 0.15) is 24.3 Å². The number of amides is 1. The normalized spacial score (nSPS) is 13.8. The summed E-state index contributed by atoms with van der Waals surface area (Å²) in [5.74, 6) is 1.20. The average molecular weight is 414 g/mol. The molecule has 1 fully saturated rings.